The quantitative estimate of drug-likeness (QED) is 0.783. The summed E-state index contributed by atoms with van der Waals surface area (Å²) in [4.78, 5) is 0. The molecule has 106 valence electrons. The fraction of sp³-hybridized carbons (Fsp3) is 0.143. The number of rotatable bonds is 1. The first-order chi connectivity index (χ1) is 9.70. The number of halogens is 1. The summed E-state index contributed by atoms with van der Waals surface area (Å²) in [6.45, 7) is 0.456. The fourth-order valence-corrected chi connectivity index (χ4v) is 2.58. The minimum atomic E-state index is -1.21. The molecule has 3 rings (SSSR count). The summed E-state index contributed by atoms with van der Waals surface area (Å²) >= 11 is 5.66. The number of para-hydroxylation sites is 2. The van der Waals surface area contributed by atoms with Gasteiger partial charge in [-0.15, -0.1) is 0 Å². The van der Waals surface area contributed by atoms with E-state index in [2.05, 4.69) is 0 Å². The van der Waals surface area contributed by atoms with E-state index in [1.807, 2.05) is 24.3 Å². The fourth-order valence-electron chi connectivity index (χ4n) is 1.58. The molecule has 0 bridgehead atoms. The van der Waals surface area contributed by atoms with Crippen LogP contribution in [0.4, 0.5) is 0 Å². The van der Waals surface area contributed by atoms with Gasteiger partial charge in [0.25, 0.3) is 0 Å². The Balaban J connectivity index is 0.000000151. The van der Waals surface area contributed by atoms with Crippen LogP contribution in [-0.4, -0.2) is 10.2 Å². The summed E-state index contributed by atoms with van der Waals surface area (Å²) in [5, 5.41) is 17.5. The van der Waals surface area contributed by atoms with Crippen molar-refractivity contribution in [1.29, 1.82) is 0 Å². The first-order valence-corrected chi connectivity index (χ1v) is 8.01. The van der Waals surface area contributed by atoms with Crippen molar-refractivity contribution >= 4 is 19.0 Å². The van der Waals surface area contributed by atoms with Gasteiger partial charge < -0.3 is 19.3 Å². The third-order valence-corrected chi connectivity index (χ3v) is 3.80. The molecule has 0 amide bonds. The number of hydrogen-bond donors (Lipinski definition) is 2. The highest BCUT2D eigenvalue weighted by Crippen LogP contribution is 2.49. The zero-order valence-electron chi connectivity index (χ0n) is 10.6. The van der Waals surface area contributed by atoms with Gasteiger partial charge in [-0.25, -0.2) is 0 Å². The Kier molecular flexibility index (Phi) is 5.62. The van der Waals surface area contributed by atoms with E-state index < -0.39 is 7.73 Å². The molecule has 1 aliphatic heterocycles. The number of aliphatic hydroxyl groups is 1. The first-order valence-electron chi connectivity index (χ1n) is 5.93. The van der Waals surface area contributed by atoms with Crippen LogP contribution in [0.25, 0.3) is 0 Å². The van der Waals surface area contributed by atoms with E-state index in [1.54, 1.807) is 24.3 Å². The lowest BCUT2D eigenvalue weighted by Crippen LogP contribution is -1.99. The van der Waals surface area contributed by atoms with Gasteiger partial charge in [0.15, 0.2) is 0 Å². The lowest BCUT2D eigenvalue weighted by atomic mass is 10.2. The van der Waals surface area contributed by atoms with Crippen molar-refractivity contribution in [1.82, 2.24) is 0 Å². The van der Waals surface area contributed by atoms with Crippen molar-refractivity contribution in [2.24, 2.45) is 0 Å². The molecule has 4 nitrogen and oxygen atoms in total. The molecule has 1 aliphatic rings. The van der Waals surface area contributed by atoms with Gasteiger partial charge in [-0.05, 0) is 23.4 Å². The lowest BCUT2D eigenvalue weighted by Gasteiger charge is -2.19. The highest BCUT2D eigenvalue weighted by Gasteiger charge is 2.17. The molecule has 0 spiro atoms. The number of aromatic hydroxyl groups is 1. The number of aliphatic hydroxyl groups excluding tert-OH is 1. The van der Waals surface area contributed by atoms with Crippen LogP contribution in [-0.2, 0) is 17.7 Å². The summed E-state index contributed by atoms with van der Waals surface area (Å²) in [7, 11) is -1.21. The molecule has 1 unspecified atom stereocenters. The van der Waals surface area contributed by atoms with Crippen LogP contribution >= 0.6 is 19.0 Å². The summed E-state index contributed by atoms with van der Waals surface area (Å²) in [6.07, 6.45) is 0. The van der Waals surface area contributed by atoms with Crippen LogP contribution < -0.4 is 4.52 Å². The van der Waals surface area contributed by atoms with Crippen molar-refractivity contribution in [3.05, 3.63) is 59.7 Å². The van der Waals surface area contributed by atoms with E-state index in [-0.39, 0.29) is 12.4 Å². The summed E-state index contributed by atoms with van der Waals surface area (Å²) in [6, 6.07) is 14.4. The normalized spacial score (nSPS) is 16.4. The average molecular weight is 313 g/mol. The zero-order valence-corrected chi connectivity index (χ0v) is 12.2. The second-order valence-electron chi connectivity index (χ2n) is 3.97. The minimum absolute atomic E-state index is 0.104. The van der Waals surface area contributed by atoms with Crippen molar-refractivity contribution in [3.8, 4) is 11.5 Å². The largest absolute Gasteiger partial charge is 0.508 e. The third kappa shape index (κ3) is 4.09. The lowest BCUT2D eigenvalue weighted by molar-refractivity contribution is 0.275. The molecule has 2 aromatic carbocycles. The van der Waals surface area contributed by atoms with Gasteiger partial charge in [0, 0.05) is 11.1 Å². The maximum Gasteiger partial charge on any atom is 0.338 e. The number of fused-ring (bicyclic) bond motifs is 1. The summed E-state index contributed by atoms with van der Waals surface area (Å²) < 4.78 is 10.4. The van der Waals surface area contributed by atoms with E-state index in [0.717, 1.165) is 11.3 Å². The SMILES string of the molecule is ClP1OCc2ccccc2O1.OCc1ccccc1O. The maximum absolute atomic E-state index is 8.95. The number of phenols is 1. The van der Waals surface area contributed by atoms with Gasteiger partial charge in [0.05, 0.1) is 13.2 Å². The van der Waals surface area contributed by atoms with Crippen LogP contribution in [0.2, 0.25) is 0 Å². The summed E-state index contributed by atoms with van der Waals surface area (Å²) in [5.74, 6) is 1.000. The second kappa shape index (κ2) is 7.46. The first kappa shape index (κ1) is 15.1. The molecule has 1 atom stereocenters. The van der Waals surface area contributed by atoms with Crippen LogP contribution in [0.3, 0.4) is 0 Å². The zero-order chi connectivity index (χ0) is 14.4. The molecule has 0 aliphatic carbocycles. The van der Waals surface area contributed by atoms with Crippen molar-refractivity contribution < 1.29 is 19.3 Å². The minimum Gasteiger partial charge on any atom is -0.508 e. The number of benzene rings is 2. The predicted octanol–water partition coefficient (Wildman–Crippen LogP) is 3.95. The van der Waals surface area contributed by atoms with Crippen molar-refractivity contribution in [3.63, 3.8) is 0 Å². The van der Waals surface area contributed by atoms with Gasteiger partial charge in [-0.2, -0.15) is 0 Å². The van der Waals surface area contributed by atoms with E-state index in [1.165, 1.54) is 0 Å². The monoisotopic (exact) mass is 312 g/mol. The molecule has 1 heterocycles. The molecule has 2 aromatic rings. The molecular formula is C14H14ClO4P. The standard InChI is InChI=1S/C7H6ClO2P.C7H8O2/c8-11-9-5-6-3-1-2-4-7(6)10-11;8-5-6-3-1-2-4-7(6)9/h1-4H,5H2;1-4,8-9H,5H2. The third-order valence-electron chi connectivity index (χ3n) is 2.63. The van der Waals surface area contributed by atoms with Crippen LogP contribution in [0.1, 0.15) is 11.1 Å². The van der Waals surface area contributed by atoms with E-state index >= 15 is 0 Å². The van der Waals surface area contributed by atoms with Gasteiger partial charge in [0.2, 0.25) is 0 Å². The Bertz CT molecular complexity index is 564. The van der Waals surface area contributed by atoms with Gasteiger partial charge in [-0.1, -0.05) is 36.4 Å². The molecule has 2 N–H and O–H groups in total. The van der Waals surface area contributed by atoms with Gasteiger partial charge in [-0.3, -0.25) is 0 Å². The molecule has 0 saturated carbocycles. The summed E-state index contributed by atoms with van der Waals surface area (Å²) in [5.41, 5.74) is 1.63. The Morgan fingerprint density at radius 3 is 2.50 bits per heavy atom. The topological polar surface area (TPSA) is 58.9 Å². The second-order valence-corrected chi connectivity index (χ2v) is 5.67. The van der Waals surface area contributed by atoms with Crippen molar-refractivity contribution in [2.75, 3.05) is 0 Å². The molecule has 0 fully saturated rings. The Labute approximate surface area is 123 Å². The van der Waals surface area contributed by atoms with E-state index in [0.29, 0.717) is 12.2 Å². The highest BCUT2D eigenvalue weighted by atomic mass is 35.7. The smallest absolute Gasteiger partial charge is 0.338 e. The molecule has 0 radical (unpaired) electrons. The molecular weight excluding hydrogens is 299 g/mol. The highest BCUT2D eigenvalue weighted by molar-refractivity contribution is 7.76. The Hall–Kier alpha value is -1.32. The maximum atomic E-state index is 8.95. The molecule has 20 heavy (non-hydrogen) atoms. The van der Waals surface area contributed by atoms with Gasteiger partial charge >= 0.3 is 7.73 Å². The van der Waals surface area contributed by atoms with Crippen molar-refractivity contribution in [2.45, 2.75) is 13.2 Å². The Morgan fingerprint density at radius 2 is 1.80 bits per heavy atom. The molecule has 0 aromatic heterocycles. The Morgan fingerprint density at radius 1 is 1.10 bits per heavy atom. The van der Waals surface area contributed by atoms with Crippen LogP contribution in [0, 0.1) is 0 Å². The number of hydrogen-bond acceptors (Lipinski definition) is 4. The van der Waals surface area contributed by atoms with E-state index in [9.17, 15) is 0 Å². The van der Waals surface area contributed by atoms with Crippen LogP contribution in [0.5, 0.6) is 11.5 Å². The molecule has 6 heteroatoms. The predicted molar refractivity (Wildman–Crippen MR) is 78.7 cm³/mol. The average Bonchev–Trinajstić information content (AvgIpc) is 2.48. The molecule has 0 saturated heterocycles. The van der Waals surface area contributed by atoms with Crippen LogP contribution in [0.15, 0.2) is 48.5 Å². The van der Waals surface area contributed by atoms with Gasteiger partial charge in [0.1, 0.15) is 11.5 Å². The van der Waals surface area contributed by atoms with E-state index in [4.69, 9.17) is 30.5 Å².